The Hall–Kier alpha value is -1.77. The zero-order valence-electron chi connectivity index (χ0n) is 26.7. The molecular weight excluding hydrogens is 520 g/mol. The number of esters is 2. The van der Waals surface area contributed by atoms with E-state index >= 15 is 0 Å². The summed E-state index contributed by atoms with van der Waals surface area (Å²) in [6.45, 7) is 5.61. The third-order valence-corrected chi connectivity index (χ3v) is 11.9. The molecule has 8 nitrogen and oxygen atoms in total. The molecule has 0 aromatic rings. The van der Waals surface area contributed by atoms with Crippen molar-refractivity contribution in [2.75, 3.05) is 62.0 Å². The highest BCUT2D eigenvalue weighted by molar-refractivity contribution is 5.87. The number of nitrogens with zero attached hydrogens (tertiary/aromatic N) is 2. The maximum atomic E-state index is 13.9. The number of cyclic esters (lactones) is 1. The lowest BCUT2D eigenvalue weighted by Gasteiger charge is -2.63. The van der Waals surface area contributed by atoms with Crippen LogP contribution in [0.5, 0.6) is 0 Å². The van der Waals surface area contributed by atoms with E-state index in [1.165, 1.54) is 0 Å². The molecule has 0 bridgehead atoms. The number of ether oxygens (including phenoxy) is 2. The van der Waals surface area contributed by atoms with Crippen LogP contribution in [0.25, 0.3) is 0 Å². The van der Waals surface area contributed by atoms with Gasteiger partial charge in [0, 0.05) is 23.3 Å². The predicted molar refractivity (Wildman–Crippen MR) is 155 cm³/mol. The van der Waals surface area contributed by atoms with E-state index in [1.54, 1.807) is 6.08 Å². The Labute approximate surface area is 246 Å². The van der Waals surface area contributed by atoms with Gasteiger partial charge in [0.05, 0.1) is 47.9 Å². The zero-order chi connectivity index (χ0) is 30.2. The van der Waals surface area contributed by atoms with E-state index in [1.807, 2.05) is 42.3 Å². The fraction of sp³-hybridized carbons (Fsp3) is 0.848. The van der Waals surface area contributed by atoms with Gasteiger partial charge in [0.25, 0.3) is 0 Å². The Morgan fingerprint density at radius 1 is 0.976 bits per heavy atom. The molecule has 0 amide bonds. The molecule has 9 atom stereocenters. The summed E-state index contributed by atoms with van der Waals surface area (Å²) in [6, 6.07) is 0. The number of rotatable bonds is 7. The molecule has 1 aliphatic heterocycles. The van der Waals surface area contributed by atoms with Crippen molar-refractivity contribution in [3.8, 4) is 0 Å². The number of Topliss-reactive ketones (excluding diaryl/α,β-unsaturated/α-hetero) is 1. The van der Waals surface area contributed by atoms with Gasteiger partial charge >= 0.3 is 11.9 Å². The smallest absolute Gasteiger partial charge is 0.362 e. The predicted octanol–water partition coefficient (Wildman–Crippen LogP) is 3.36. The van der Waals surface area contributed by atoms with Gasteiger partial charge in [-0.15, -0.1) is 0 Å². The maximum absolute atomic E-state index is 13.9. The Balaban J connectivity index is 1.40. The van der Waals surface area contributed by atoms with Gasteiger partial charge in [-0.2, -0.15) is 0 Å². The molecule has 0 saturated heterocycles. The number of carbonyl (C=O) groups is 3. The summed E-state index contributed by atoms with van der Waals surface area (Å²) in [4.78, 5) is 38.6. The van der Waals surface area contributed by atoms with Gasteiger partial charge in [0.15, 0.2) is 12.3 Å². The Kier molecular flexibility index (Phi) is 7.60. The molecule has 4 saturated carbocycles. The highest BCUT2D eigenvalue weighted by Crippen LogP contribution is 2.71. The monoisotopic (exact) mass is 574 g/mol. The first-order chi connectivity index (χ1) is 18.9. The van der Waals surface area contributed by atoms with Crippen LogP contribution in [-0.4, -0.2) is 105 Å². The third kappa shape index (κ3) is 5.42. The van der Waals surface area contributed by atoms with Crippen molar-refractivity contribution in [3.05, 3.63) is 11.6 Å². The van der Waals surface area contributed by atoms with Crippen LogP contribution < -0.4 is 0 Å². The summed E-state index contributed by atoms with van der Waals surface area (Å²) in [6.07, 6.45) is 8.57. The molecule has 230 valence electrons. The lowest BCUT2D eigenvalue weighted by atomic mass is 9.43. The fourth-order valence-corrected chi connectivity index (χ4v) is 10.1. The second-order valence-corrected chi connectivity index (χ2v) is 16.7. The van der Waals surface area contributed by atoms with Gasteiger partial charge < -0.3 is 23.5 Å². The number of fused-ring (bicyclic) bond motifs is 5. The highest BCUT2D eigenvalue weighted by atomic mass is 16.5. The quantitative estimate of drug-likeness (QED) is 0.371. The van der Waals surface area contributed by atoms with Crippen molar-refractivity contribution >= 4 is 17.7 Å². The van der Waals surface area contributed by atoms with Crippen LogP contribution in [-0.2, 0) is 23.9 Å². The molecule has 0 unspecified atom stereocenters. The molecular formula is C33H54N2O6+2. The number of ketones is 1. The maximum Gasteiger partial charge on any atom is 0.362 e. The fourth-order valence-electron chi connectivity index (χ4n) is 10.1. The van der Waals surface area contributed by atoms with Crippen LogP contribution in [0.3, 0.4) is 0 Å². The summed E-state index contributed by atoms with van der Waals surface area (Å²) in [7, 11) is 12.1. The molecule has 1 N–H and O–H groups in total. The summed E-state index contributed by atoms with van der Waals surface area (Å²) >= 11 is 0. The molecule has 8 heteroatoms. The molecule has 5 rings (SSSR count). The first-order valence-corrected chi connectivity index (χ1v) is 15.8. The molecule has 41 heavy (non-hydrogen) atoms. The minimum Gasteiger partial charge on any atom is -0.458 e. The third-order valence-electron chi connectivity index (χ3n) is 11.9. The van der Waals surface area contributed by atoms with Crippen molar-refractivity contribution in [3.63, 3.8) is 0 Å². The van der Waals surface area contributed by atoms with Gasteiger partial charge in [-0.25, -0.2) is 9.59 Å². The normalized spacial score (nSPS) is 42.5. The van der Waals surface area contributed by atoms with E-state index in [0.717, 1.165) is 50.5 Å². The SMILES string of the molecule is C[C@]12CC[C@H](OC(=O)C[N+](C)(C)C)C[C@H]1CC[C@@H]1[C@@H]2CC[C@]2(C)[C@@H](C3=CC(=O)OC3)[C@@H](C(=O)C[N+](C)(C)C)C[C@]12O. The largest absolute Gasteiger partial charge is 0.458 e. The molecule has 0 aromatic carbocycles. The number of carbonyl (C=O) groups excluding carboxylic acids is 3. The number of quaternary nitrogens is 2. The standard InChI is InChI=1S/C33H54N2O6/c1-31-13-11-23(41-29(38)19-35(6,7)8)16-22(31)9-10-26-25(31)12-14-32(2)30(21-15-28(37)40-20-21)24(17-33(26,32)39)27(36)18-34(3,4)5/h15,22-26,30,39H,9-14,16-20H2,1-8H3/q+2/t22-,23+,24-,25+,26-,30+,31+,32-,33+/m1/s1. The Bertz CT molecular complexity index is 1120. The van der Waals surface area contributed by atoms with E-state index in [2.05, 4.69) is 13.8 Å². The van der Waals surface area contributed by atoms with Crippen molar-refractivity contribution in [1.82, 2.24) is 0 Å². The Morgan fingerprint density at radius 3 is 2.27 bits per heavy atom. The van der Waals surface area contributed by atoms with Gasteiger partial charge in [-0.3, -0.25) is 4.79 Å². The molecule has 5 aliphatic rings. The molecule has 0 spiro atoms. The topological polar surface area (TPSA) is 89.9 Å². The lowest BCUT2D eigenvalue weighted by molar-refractivity contribution is -0.862. The first kappa shape index (κ1) is 30.7. The van der Waals surface area contributed by atoms with E-state index < -0.39 is 11.0 Å². The van der Waals surface area contributed by atoms with Crippen molar-refractivity contribution in [2.45, 2.75) is 76.9 Å². The molecule has 4 aliphatic carbocycles. The zero-order valence-corrected chi connectivity index (χ0v) is 26.7. The second kappa shape index (κ2) is 10.2. The summed E-state index contributed by atoms with van der Waals surface area (Å²) in [5.74, 6) is 0.173. The molecule has 4 fully saturated rings. The van der Waals surface area contributed by atoms with E-state index in [4.69, 9.17) is 9.47 Å². The number of aliphatic hydroxyl groups is 1. The first-order valence-electron chi connectivity index (χ1n) is 15.8. The van der Waals surface area contributed by atoms with Crippen molar-refractivity contribution in [2.24, 2.45) is 40.4 Å². The van der Waals surface area contributed by atoms with Crippen LogP contribution in [0.2, 0.25) is 0 Å². The molecule has 1 heterocycles. The van der Waals surface area contributed by atoms with Crippen molar-refractivity contribution < 1.29 is 37.9 Å². The average molecular weight is 575 g/mol. The number of hydrogen-bond acceptors (Lipinski definition) is 6. The van der Waals surface area contributed by atoms with Crippen LogP contribution >= 0.6 is 0 Å². The second-order valence-electron chi connectivity index (χ2n) is 16.7. The lowest BCUT2D eigenvalue weighted by Crippen LogP contribution is -2.62. The van der Waals surface area contributed by atoms with E-state index in [-0.39, 0.29) is 53.6 Å². The van der Waals surface area contributed by atoms with Gasteiger partial charge in [0.1, 0.15) is 19.3 Å². The van der Waals surface area contributed by atoms with Crippen LogP contribution in [0.1, 0.15) is 65.2 Å². The van der Waals surface area contributed by atoms with E-state index in [0.29, 0.717) is 40.3 Å². The van der Waals surface area contributed by atoms with Crippen molar-refractivity contribution in [1.29, 1.82) is 0 Å². The number of likely N-dealkylation sites (N-methyl/N-ethyl adjacent to an activating group) is 2. The van der Waals surface area contributed by atoms with Crippen LogP contribution in [0.15, 0.2) is 11.6 Å². The summed E-state index contributed by atoms with van der Waals surface area (Å²) < 4.78 is 12.4. The molecule has 0 aromatic heterocycles. The van der Waals surface area contributed by atoms with Gasteiger partial charge in [-0.1, -0.05) is 13.8 Å². The van der Waals surface area contributed by atoms with Gasteiger partial charge in [-0.05, 0) is 80.1 Å². The van der Waals surface area contributed by atoms with Crippen LogP contribution in [0.4, 0.5) is 0 Å². The number of hydrogen-bond donors (Lipinski definition) is 1. The van der Waals surface area contributed by atoms with Gasteiger partial charge in [0.2, 0.25) is 0 Å². The Morgan fingerprint density at radius 2 is 1.66 bits per heavy atom. The van der Waals surface area contributed by atoms with E-state index in [9.17, 15) is 19.5 Å². The highest BCUT2D eigenvalue weighted by Gasteiger charge is 2.71. The molecule has 0 radical (unpaired) electrons. The minimum absolute atomic E-state index is 0.0270. The van der Waals surface area contributed by atoms with Crippen LogP contribution in [0, 0.1) is 40.4 Å². The summed E-state index contributed by atoms with van der Waals surface area (Å²) in [5, 5.41) is 12.9. The summed E-state index contributed by atoms with van der Waals surface area (Å²) in [5.41, 5.74) is -0.488. The minimum atomic E-state index is -0.972. The average Bonchev–Trinajstić information content (AvgIpc) is 3.34.